The SMILES string of the molecule is Cc1ccn(-c2nc(N)c(C(=O)C3CC3)nc2-c2cc(Cl)c3[nH]ncc3c2)n1. The zero-order valence-corrected chi connectivity index (χ0v) is 15.7. The number of hydrogen-bond donors (Lipinski definition) is 2. The lowest BCUT2D eigenvalue weighted by molar-refractivity contribution is 0.0963. The molecule has 1 aliphatic rings. The second-order valence-corrected chi connectivity index (χ2v) is 7.37. The number of Topliss-reactive ketones (excluding diaryl/α,β-unsaturated/α-hetero) is 1. The number of hydrogen-bond acceptors (Lipinski definition) is 6. The van der Waals surface area contributed by atoms with Gasteiger partial charge in [0.2, 0.25) is 0 Å². The van der Waals surface area contributed by atoms with Crippen molar-refractivity contribution in [3.8, 4) is 17.1 Å². The fourth-order valence-corrected chi connectivity index (χ4v) is 3.47. The first kappa shape index (κ1) is 16.9. The molecule has 3 heterocycles. The van der Waals surface area contributed by atoms with Crippen molar-refractivity contribution in [1.82, 2.24) is 29.9 Å². The van der Waals surface area contributed by atoms with E-state index in [0.717, 1.165) is 29.4 Å². The summed E-state index contributed by atoms with van der Waals surface area (Å²) >= 11 is 6.42. The number of ketones is 1. The summed E-state index contributed by atoms with van der Waals surface area (Å²) in [6.45, 7) is 1.88. The first-order chi connectivity index (χ1) is 13.5. The van der Waals surface area contributed by atoms with Crippen LogP contribution in [0.5, 0.6) is 0 Å². The molecule has 9 heteroatoms. The van der Waals surface area contributed by atoms with Crippen molar-refractivity contribution in [2.24, 2.45) is 5.92 Å². The number of aryl methyl sites for hydroxylation is 1. The molecule has 0 radical (unpaired) electrons. The van der Waals surface area contributed by atoms with E-state index in [2.05, 4.69) is 25.3 Å². The first-order valence-electron chi connectivity index (χ1n) is 8.88. The molecule has 3 aromatic heterocycles. The molecule has 0 spiro atoms. The summed E-state index contributed by atoms with van der Waals surface area (Å²) in [6, 6.07) is 5.53. The highest BCUT2D eigenvalue weighted by Crippen LogP contribution is 2.36. The molecule has 0 aliphatic heterocycles. The number of carbonyl (C=O) groups is 1. The van der Waals surface area contributed by atoms with Gasteiger partial charge in [-0.25, -0.2) is 14.6 Å². The second kappa shape index (κ2) is 6.13. The molecule has 140 valence electrons. The molecule has 4 aromatic rings. The van der Waals surface area contributed by atoms with Crippen LogP contribution in [-0.2, 0) is 0 Å². The van der Waals surface area contributed by atoms with E-state index >= 15 is 0 Å². The minimum absolute atomic E-state index is 0.0119. The van der Waals surface area contributed by atoms with Crippen LogP contribution in [0.25, 0.3) is 28.0 Å². The minimum Gasteiger partial charge on any atom is -0.382 e. The quantitative estimate of drug-likeness (QED) is 0.514. The van der Waals surface area contributed by atoms with Crippen molar-refractivity contribution in [3.63, 3.8) is 0 Å². The van der Waals surface area contributed by atoms with E-state index in [9.17, 15) is 4.79 Å². The van der Waals surface area contributed by atoms with E-state index in [0.29, 0.717) is 22.1 Å². The summed E-state index contributed by atoms with van der Waals surface area (Å²) < 4.78 is 1.60. The van der Waals surface area contributed by atoms with Gasteiger partial charge < -0.3 is 5.73 Å². The molecule has 5 rings (SSSR count). The normalized spacial score (nSPS) is 13.9. The maximum absolute atomic E-state index is 12.7. The molecule has 0 saturated heterocycles. The Hall–Kier alpha value is -3.26. The van der Waals surface area contributed by atoms with E-state index in [4.69, 9.17) is 17.3 Å². The molecule has 3 N–H and O–H groups in total. The van der Waals surface area contributed by atoms with E-state index in [-0.39, 0.29) is 23.2 Å². The van der Waals surface area contributed by atoms with Gasteiger partial charge in [-0.2, -0.15) is 10.2 Å². The van der Waals surface area contributed by atoms with E-state index in [1.54, 1.807) is 23.1 Å². The van der Waals surface area contributed by atoms with Crippen LogP contribution in [0, 0.1) is 12.8 Å². The summed E-state index contributed by atoms with van der Waals surface area (Å²) in [7, 11) is 0. The van der Waals surface area contributed by atoms with Gasteiger partial charge in [-0.15, -0.1) is 0 Å². The van der Waals surface area contributed by atoms with E-state index in [1.165, 1.54) is 0 Å². The number of nitrogens with two attached hydrogens (primary N) is 1. The topological polar surface area (TPSA) is 115 Å². The third-order valence-electron chi connectivity index (χ3n) is 4.80. The van der Waals surface area contributed by atoms with Gasteiger partial charge in [-0.3, -0.25) is 9.89 Å². The number of carbonyl (C=O) groups excluding carboxylic acids is 1. The van der Waals surface area contributed by atoms with Gasteiger partial charge in [0.25, 0.3) is 0 Å². The maximum atomic E-state index is 12.7. The Morgan fingerprint density at radius 2 is 2.14 bits per heavy atom. The summed E-state index contributed by atoms with van der Waals surface area (Å²) in [6.07, 6.45) is 5.19. The Morgan fingerprint density at radius 1 is 1.32 bits per heavy atom. The van der Waals surface area contributed by atoms with Crippen molar-refractivity contribution in [2.75, 3.05) is 5.73 Å². The predicted octanol–water partition coefficient (Wildman–Crippen LogP) is 3.34. The highest BCUT2D eigenvalue weighted by molar-refractivity contribution is 6.35. The van der Waals surface area contributed by atoms with Crippen LogP contribution in [0.2, 0.25) is 5.02 Å². The van der Waals surface area contributed by atoms with Gasteiger partial charge >= 0.3 is 0 Å². The average molecular weight is 394 g/mol. The Bertz CT molecular complexity index is 1240. The molecule has 1 aromatic carbocycles. The number of nitrogens with one attached hydrogen (secondary N) is 1. The molecular weight excluding hydrogens is 378 g/mol. The summed E-state index contributed by atoms with van der Waals surface area (Å²) in [4.78, 5) is 21.8. The number of aromatic amines is 1. The first-order valence-corrected chi connectivity index (χ1v) is 9.26. The van der Waals surface area contributed by atoms with Crippen molar-refractivity contribution < 1.29 is 4.79 Å². The Balaban J connectivity index is 1.76. The zero-order chi connectivity index (χ0) is 19.4. The highest BCUT2D eigenvalue weighted by atomic mass is 35.5. The summed E-state index contributed by atoms with van der Waals surface area (Å²) in [5.74, 6) is 0.475. The van der Waals surface area contributed by atoms with Crippen molar-refractivity contribution in [2.45, 2.75) is 19.8 Å². The fourth-order valence-electron chi connectivity index (χ4n) is 3.20. The van der Waals surface area contributed by atoms with Gasteiger partial charge in [0, 0.05) is 23.1 Å². The van der Waals surface area contributed by atoms with Crippen LogP contribution in [0.1, 0.15) is 29.0 Å². The Labute approximate surface area is 164 Å². The standard InChI is InChI=1S/C19H16ClN7O/c1-9-4-5-27(26-9)19-15(11-6-12-8-22-25-14(12)13(20)7-11)23-16(18(21)24-19)17(28)10-2-3-10/h4-8,10H,2-3H2,1H3,(H2,21,24)(H,22,25). The molecule has 0 bridgehead atoms. The smallest absolute Gasteiger partial charge is 0.188 e. The minimum atomic E-state index is -0.0649. The van der Waals surface area contributed by atoms with Gasteiger partial charge in [0.05, 0.1) is 22.4 Å². The predicted molar refractivity (Wildman–Crippen MR) is 105 cm³/mol. The monoisotopic (exact) mass is 393 g/mol. The molecule has 0 unspecified atom stereocenters. The van der Waals surface area contributed by atoms with Crippen LogP contribution in [0.15, 0.2) is 30.6 Å². The molecule has 8 nitrogen and oxygen atoms in total. The van der Waals surface area contributed by atoms with Crippen LogP contribution < -0.4 is 5.73 Å². The maximum Gasteiger partial charge on any atom is 0.188 e. The van der Waals surface area contributed by atoms with Crippen molar-refractivity contribution in [1.29, 1.82) is 0 Å². The third-order valence-corrected chi connectivity index (χ3v) is 5.10. The lowest BCUT2D eigenvalue weighted by atomic mass is 10.1. The van der Waals surface area contributed by atoms with Crippen LogP contribution in [0.4, 0.5) is 5.82 Å². The summed E-state index contributed by atoms with van der Waals surface area (Å²) in [5.41, 5.74) is 9.07. The second-order valence-electron chi connectivity index (χ2n) is 6.96. The summed E-state index contributed by atoms with van der Waals surface area (Å²) in [5, 5.41) is 12.7. The highest BCUT2D eigenvalue weighted by Gasteiger charge is 2.34. The number of halogens is 1. The molecule has 28 heavy (non-hydrogen) atoms. The number of nitrogen functional groups attached to an aromatic ring is 1. The zero-order valence-electron chi connectivity index (χ0n) is 15.0. The molecule has 0 amide bonds. The lowest BCUT2D eigenvalue weighted by Gasteiger charge is -2.13. The van der Waals surface area contributed by atoms with E-state index < -0.39 is 0 Å². The largest absolute Gasteiger partial charge is 0.382 e. The number of H-pyrrole nitrogens is 1. The molecule has 1 fully saturated rings. The van der Waals surface area contributed by atoms with Crippen molar-refractivity contribution in [3.05, 3.63) is 47.0 Å². The number of fused-ring (bicyclic) bond motifs is 1. The number of rotatable bonds is 4. The van der Waals surface area contributed by atoms with E-state index in [1.807, 2.05) is 19.1 Å². The van der Waals surface area contributed by atoms with Crippen LogP contribution >= 0.6 is 11.6 Å². The van der Waals surface area contributed by atoms with Gasteiger partial charge in [-0.05, 0) is 38.0 Å². The van der Waals surface area contributed by atoms with Crippen molar-refractivity contribution >= 4 is 34.1 Å². The third kappa shape index (κ3) is 2.73. The van der Waals surface area contributed by atoms with Gasteiger partial charge in [0.15, 0.2) is 17.4 Å². The van der Waals surface area contributed by atoms with Crippen LogP contribution in [0.3, 0.4) is 0 Å². The molecule has 1 aliphatic carbocycles. The number of anilines is 1. The Kier molecular flexibility index (Phi) is 3.70. The molecular formula is C19H16ClN7O. The van der Waals surface area contributed by atoms with Gasteiger partial charge in [-0.1, -0.05) is 11.6 Å². The molecule has 0 atom stereocenters. The van der Waals surface area contributed by atoms with Crippen LogP contribution in [-0.4, -0.2) is 35.7 Å². The lowest BCUT2D eigenvalue weighted by Crippen LogP contribution is -2.14. The number of benzene rings is 1. The number of aromatic nitrogens is 6. The Morgan fingerprint density at radius 3 is 2.86 bits per heavy atom. The van der Waals surface area contributed by atoms with Gasteiger partial charge in [0.1, 0.15) is 11.4 Å². The average Bonchev–Trinajstić information content (AvgIpc) is 3.25. The fraction of sp³-hybridized carbons (Fsp3) is 0.211. The molecule has 1 saturated carbocycles. The number of nitrogens with zero attached hydrogens (tertiary/aromatic N) is 5.